The Balaban J connectivity index is 2.68. The van der Waals surface area contributed by atoms with Crippen LogP contribution in [0.5, 0.6) is 0 Å². The SMILES string of the molecule is CCOC(CNC(C)(C)C)c1ccc(F)cc1. The van der Waals surface area contributed by atoms with Gasteiger partial charge in [-0.05, 0) is 45.4 Å². The van der Waals surface area contributed by atoms with Crippen molar-refractivity contribution in [1.82, 2.24) is 5.32 Å². The molecule has 0 saturated heterocycles. The molecule has 0 aliphatic carbocycles. The fraction of sp³-hybridized carbons (Fsp3) is 0.571. The van der Waals surface area contributed by atoms with Crippen molar-refractivity contribution in [3.05, 3.63) is 35.6 Å². The summed E-state index contributed by atoms with van der Waals surface area (Å²) in [6, 6.07) is 6.50. The topological polar surface area (TPSA) is 21.3 Å². The van der Waals surface area contributed by atoms with E-state index >= 15 is 0 Å². The number of halogens is 1. The summed E-state index contributed by atoms with van der Waals surface area (Å²) in [6.07, 6.45) is -0.0279. The van der Waals surface area contributed by atoms with Crippen molar-refractivity contribution < 1.29 is 9.13 Å². The summed E-state index contributed by atoms with van der Waals surface area (Å²) in [4.78, 5) is 0. The number of benzene rings is 1. The van der Waals surface area contributed by atoms with Gasteiger partial charge in [0.2, 0.25) is 0 Å². The molecule has 2 nitrogen and oxygen atoms in total. The monoisotopic (exact) mass is 239 g/mol. The summed E-state index contributed by atoms with van der Waals surface area (Å²) >= 11 is 0. The third kappa shape index (κ3) is 5.29. The molecule has 1 N–H and O–H groups in total. The fourth-order valence-electron chi connectivity index (χ4n) is 1.55. The third-order valence-corrected chi connectivity index (χ3v) is 2.43. The molecule has 0 bridgehead atoms. The molecule has 17 heavy (non-hydrogen) atoms. The van der Waals surface area contributed by atoms with Gasteiger partial charge in [0.1, 0.15) is 5.82 Å². The van der Waals surface area contributed by atoms with E-state index < -0.39 is 0 Å². The van der Waals surface area contributed by atoms with Crippen LogP contribution in [0.1, 0.15) is 39.4 Å². The molecule has 0 aliphatic rings. The predicted molar refractivity (Wildman–Crippen MR) is 68.5 cm³/mol. The third-order valence-electron chi connectivity index (χ3n) is 2.43. The van der Waals surface area contributed by atoms with Crippen molar-refractivity contribution in [3.8, 4) is 0 Å². The van der Waals surface area contributed by atoms with Gasteiger partial charge < -0.3 is 10.1 Å². The van der Waals surface area contributed by atoms with Gasteiger partial charge in [-0.3, -0.25) is 0 Å². The minimum atomic E-state index is -0.215. The van der Waals surface area contributed by atoms with E-state index in [0.29, 0.717) is 6.61 Å². The maximum absolute atomic E-state index is 12.9. The minimum Gasteiger partial charge on any atom is -0.372 e. The van der Waals surface area contributed by atoms with Gasteiger partial charge in [0.25, 0.3) is 0 Å². The van der Waals surface area contributed by atoms with Gasteiger partial charge in [-0.15, -0.1) is 0 Å². The Bertz CT molecular complexity index is 329. The van der Waals surface area contributed by atoms with Gasteiger partial charge in [0.05, 0.1) is 6.10 Å². The first-order valence-corrected chi connectivity index (χ1v) is 6.04. The molecule has 0 spiro atoms. The van der Waals surface area contributed by atoms with Crippen molar-refractivity contribution in [3.63, 3.8) is 0 Å². The summed E-state index contributed by atoms with van der Waals surface area (Å²) in [5, 5.41) is 3.40. The Morgan fingerprint density at radius 3 is 2.29 bits per heavy atom. The minimum absolute atomic E-state index is 0.0279. The van der Waals surface area contributed by atoms with Crippen LogP contribution in [-0.4, -0.2) is 18.7 Å². The van der Waals surface area contributed by atoms with Gasteiger partial charge in [-0.1, -0.05) is 12.1 Å². The van der Waals surface area contributed by atoms with Crippen molar-refractivity contribution in [1.29, 1.82) is 0 Å². The summed E-state index contributed by atoms with van der Waals surface area (Å²) in [5.74, 6) is -0.215. The highest BCUT2D eigenvalue weighted by Crippen LogP contribution is 2.18. The Kier molecular flexibility index (Phi) is 5.09. The quantitative estimate of drug-likeness (QED) is 0.851. The van der Waals surface area contributed by atoms with Crippen LogP contribution in [0, 0.1) is 5.82 Å². The van der Waals surface area contributed by atoms with Crippen LogP contribution >= 0.6 is 0 Å². The maximum atomic E-state index is 12.9. The molecule has 1 aromatic carbocycles. The zero-order valence-electron chi connectivity index (χ0n) is 11.1. The molecule has 96 valence electrons. The first-order valence-electron chi connectivity index (χ1n) is 6.04. The van der Waals surface area contributed by atoms with Crippen LogP contribution in [-0.2, 0) is 4.74 Å². The van der Waals surface area contributed by atoms with Crippen LogP contribution in [0.4, 0.5) is 4.39 Å². The molecule has 0 aromatic heterocycles. The Hall–Kier alpha value is -0.930. The van der Waals surface area contributed by atoms with Gasteiger partial charge in [-0.25, -0.2) is 4.39 Å². The molecule has 1 rings (SSSR count). The van der Waals surface area contributed by atoms with E-state index in [1.54, 1.807) is 12.1 Å². The molecule has 0 saturated carbocycles. The lowest BCUT2D eigenvalue weighted by atomic mass is 10.1. The molecule has 1 atom stereocenters. The van der Waals surface area contributed by atoms with Crippen molar-refractivity contribution >= 4 is 0 Å². The van der Waals surface area contributed by atoms with E-state index in [9.17, 15) is 4.39 Å². The second-order valence-electron chi connectivity index (χ2n) is 5.13. The van der Waals surface area contributed by atoms with Gasteiger partial charge in [0.15, 0.2) is 0 Å². The lowest BCUT2D eigenvalue weighted by Gasteiger charge is -2.25. The molecule has 1 unspecified atom stereocenters. The van der Waals surface area contributed by atoms with Gasteiger partial charge >= 0.3 is 0 Å². The number of ether oxygens (including phenoxy) is 1. The van der Waals surface area contributed by atoms with Crippen LogP contribution in [0.3, 0.4) is 0 Å². The van der Waals surface area contributed by atoms with Crippen molar-refractivity contribution in [2.45, 2.75) is 39.3 Å². The Morgan fingerprint density at radius 2 is 1.82 bits per heavy atom. The number of rotatable bonds is 5. The van der Waals surface area contributed by atoms with Crippen molar-refractivity contribution in [2.75, 3.05) is 13.2 Å². The summed E-state index contributed by atoms with van der Waals surface area (Å²) in [5.41, 5.74) is 1.06. The van der Waals surface area contributed by atoms with E-state index in [1.807, 2.05) is 6.92 Å². The van der Waals surface area contributed by atoms with Crippen LogP contribution in [0.2, 0.25) is 0 Å². The number of hydrogen-bond acceptors (Lipinski definition) is 2. The molecule has 1 aromatic rings. The molecule has 3 heteroatoms. The average molecular weight is 239 g/mol. The summed E-state index contributed by atoms with van der Waals surface area (Å²) in [7, 11) is 0. The molecule has 0 radical (unpaired) electrons. The second kappa shape index (κ2) is 6.12. The smallest absolute Gasteiger partial charge is 0.123 e. The highest BCUT2D eigenvalue weighted by molar-refractivity contribution is 5.19. The van der Waals surface area contributed by atoms with Crippen LogP contribution in [0.15, 0.2) is 24.3 Å². The van der Waals surface area contributed by atoms with Crippen LogP contribution in [0.25, 0.3) is 0 Å². The van der Waals surface area contributed by atoms with Crippen molar-refractivity contribution in [2.24, 2.45) is 0 Å². The summed E-state index contributed by atoms with van der Waals surface area (Å²) in [6.45, 7) is 9.67. The molecule has 0 fully saturated rings. The fourth-order valence-corrected chi connectivity index (χ4v) is 1.55. The first-order chi connectivity index (χ1) is 7.92. The molecular weight excluding hydrogens is 217 g/mol. The highest BCUT2D eigenvalue weighted by Gasteiger charge is 2.15. The summed E-state index contributed by atoms with van der Waals surface area (Å²) < 4.78 is 18.5. The molecule has 0 amide bonds. The van der Waals surface area contributed by atoms with Crippen LogP contribution < -0.4 is 5.32 Å². The normalized spacial score (nSPS) is 13.7. The average Bonchev–Trinajstić information content (AvgIpc) is 2.24. The molecular formula is C14H22FNO. The van der Waals surface area contributed by atoms with Gasteiger partial charge in [-0.2, -0.15) is 0 Å². The molecule has 0 aliphatic heterocycles. The van der Waals surface area contributed by atoms with E-state index in [4.69, 9.17) is 4.74 Å². The Morgan fingerprint density at radius 1 is 1.24 bits per heavy atom. The maximum Gasteiger partial charge on any atom is 0.123 e. The predicted octanol–water partition coefficient (Wildman–Crippen LogP) is 3.29. The first kappa shape index (κ1) is 14.1. The highest BCUT2D eigenvalue weighted by atomic mass is 19.1. The van der Waals surface area contributed by atoms with Gasteiger partial charge in [0, 0.05) is 18.7 Å². The Labute approximate surface area is 103 Å². The zero-order chi connectivity index (χ0) is 12.9. The standard InChI is InChI=1S/C14H22FNO/c1-5-17-13(10-16-14(2,3)4)11-6-8-12(15)9-7-11/h6-9,13,16H,5,10H2,1-4H3. The lowest BCUT2D eigenvalue weighted by Crippen LogP contribution is -2.39. The van der Waals surface area contributed by atoms with E-state index in [0.717, 1.165) is 12.1 Å². The lowest BCUT2D eigenvalue weighted by molar-refractivity contribution is 0.0576. The van der Waals surface area contributed by atoms with E-state index in [-0.39, 0.29) is 17.5 Å². The second-order valence-corrected chi connectivity index (χ2v) is 5.13. The number of hydrogen-bond donors (Lipinski definition) is 1. The largest absolute Gasteiger partial charge is 0.372 e. The van der Waals surface area contributed by atoms with E-state index in [2.05, 4.69) is 26.1 Å². The number of nitrogens with one attached hydrogen (secondary N) is 1. The molecule has 0 heterocycles. The zero-order valence-corrected chi connectivity index (χ0v) is 11.1. The van der Waals surface area contributed by atoms with E-state index in [1.165, 1.54) is 12.1 Å².